The van der Waals surface area contributed by atoms with E-state index in [1.165, 1.54) is 18.9 Å². The first-order chi connectivity index (χ1) is 7.65. The van der Waals surface area contributed by atoms with Crippen molar-refractivity contribution < 1.29 is 4.39 Å². The summed E-state index contributed by atoms with van der Waals surface area (Å²) in [4.78, 5) is 0. The van der Waals surface area contributed by atoms with Crippen LogP contribution in [-0.4, -0.2) is 5.88 Å². The van der Waals surface area contributed by atoms with Crippen LogP contribution in [0.25, 0.3) is 0 Å². The maximum atomic E-state index is 13.7. The molecule has 1 aliphatic carbocycles. The molecule has 0 aromatic heterocycles. The first kappa shape index (κ1) is 12.2. The Hall–Kier alpha value is -0.270. The Kier molecular flexibility index (Phi) is 3.76. The van der Waals surface area contributed by atoms with Crippen molar-refractivity contribution in [2.24, 2.45) is 5.41 Å². The van der Waals surface area contributed by atoms with E-state index in [9.17, 15) is 4.39 Å². The van der Waals surface area contributed by atoms with Crippen LogP contribution in [-0.2, 0) is 6.42 Å². The van der Waals surface area contributed by atoms with Crippen LogP contribution in [0.2, 0.25) is 5.02 Å². The second-order valence-electron chi connectivity index (χ2n) is 4.75. The lowest BCUT2D eigenvalue weighted by Gasteiger charge is -2.26. The lowest BCUT2D eigenvalue weighted by molar-refractivity contribution is 0.335. The fourth-order valence-corrected chi connectivity index (χ4v) is 3.07. The van der Waals surface area contributed by atoms with Crippen molar-refractivity contribution in [3.63, 3.8) is 0 Å². The van der Waals surface area contributed by atoms with Crippen molar-refractivity contribution in [1.82, 2.24) is 0 Å². The third kappa shape index (κ3) is 2.52. The SMILES string of the molecule is Fc1cc(Cl)ccc1CC1(CCl)CCCC1. The Morgan fingerprint density at radius 3 is 2.50 bits per heavy atom. The number of hydrogen-bond donors (Lipinski definition) is 0. The summed E-state index contributed by atoms with van der Waals surface area (Å²) >= 11 is 11.8. The summed E-state index contributed by atoms with van der Waals surface area (Å²) < 4.78 is 13.7. The molecule has 0 aliphatic heterocycles. The first-order valence-electron chi connectivity index (χ1n) is 5.65. The van der Waals surface area contributed by atoms with Gasteiger partial charge in [-0.1, -0.05) is 30.5 Å². The summed E-state index contributed by atoms with van der Waals surface area (Å²) in [5.74, 6) is 0.415. The molecular formula is C13H15Cl2F. The normalized spacial score (nSPS) is 18.9. The molecule has 1 aromatic carbocycles. The van der Waals surface area contributed by atoms with Gasteiger partial charge in [0.15, 0.2) is 0 Å². The Morgan fingerprint density at radius 2 is 1.94 bits per heavy atom. The molecule has 1 aliphatic rings. The van der Waals surface area contributed by atoms with E-state index in [1.807, 2.05) is 0 Å². The smallest absolute Gasteiger partial charge is 0.127 e. The molecule has 0 nitrogen and oxygen atoms in total. The van der Waals surface area contributed by atoms with Gasteiger partial charge in [0.05, 0.1) is 0 Å². The Morgan fingerprint density at radius 1 is 1.25 bits per heavy atom. The van der Waals surface area contributed by atoms with Gasteiger partial charge in [0.1, 0.15) is 5.82 Å². The van der Waals surface area contributed by atoms with E-state index in [0.29, 0.717) is 10.9 Å². The molecule has 0 atom stereocenters. The van der Waals surface area contributed by atoms with Crippen molar-refractivity contribution in [3.8, 4) is 0 Å². The van der Waals surface area contributed by atoms with Gasteiger partial charge in [0, 0.05) is 10.9 Å². The Balaban J connectivity index is 2.19. The van der Waals surface area contributed by atoms with Crippen LogP contribution in [0.4, 0.5) is 4.39 Å². The van der Waals surface area contributed by atoms with E-state index in [4.69, 9.17) is 23.2 Å². The summed E-state index contributed by atoms with van der Waals surface area (Å²) in [6.45, 7) is 0. The molecule has 0 N–H and O–H groups in total. The summed E-state index contributed by atoms with van der Waals surface area (Å²) in [5, 5.41) is 0.451. The van der Waals surface area contributed by atoms with Gasteiger partial charge in [-0.2, -0.15) is 0 Å². The van der Waals surface area contributed by atoms with Gasteiger partial charge >= 0.3 is 0 Å². The Bertz CT molecular complexity index is 370. The molecule has 88 valence electrons. The second kappa shape index (κ2) is 4.93. The number of benzene rings is 1. The molecule has 0 saturated heterocycles. The largest absolute Gasteiger partial charge is 0.207 e. The molecular weight excluding hydrogens is 246 g/mol. The number of rotatable bonds is 3. The molecule has 0 unspecified atom stereocenters. The average molecular weight is 261 g/mol. The number of halogens is 3. The average Bonchev–Trinajstić information content (AvgIpc) is 2.72. The molecule has 0 amide bonds. The van der Waals surface area contributed by atoms with E-state index in [1.54, 1.807) is 12.1 Å². The van der Waals surface area contributed by atoms with E-state index >= 15 is 0 Å². The van der Waals surface area contributed by atoms with Gasteiger partial charge in [-0.05, 0) is 42.4 Å². The van der Waals surface area contributed by atoms with E-state index < -0.39 is 0 Å². The van der Waals surface area contributed by atoms with Crippen LogP contribution in [0.1, 0.15) is 31.2 Å². The quantitative estimate of drug-likeness (QED) is 0.684. The fraction of sp³-hybridized carbons (Fsp3) is 0.538. The van der Waals surface area contributed by atoms with Crippen LogP contribution in [0.5, 0.6) is 0 Å². The van der Waals surface area contributed by atoms with Gasteiger partial charge < -0.3 is 0 Å². The highest BCUT2D eigenvalue weighted by atomic mass is 35.5. The van der Waals surface area contributed by atoms with Crippen molar-refractivity contribution in [1.29, 1.82) is 0 Å². The topological polar surface area (TPSA) is 0 Å². The van der Waals surface area contributed by atoms with E-state index in [0.717, 1.165) is 24.8 Å². The lowest BCUT2D eigenvalue weighted by Crippen LogP contribution is -2.22. The minimum Gasteiger partial charge on any atom is -0.207 e. The molecule has 2 rings (SSSR count). The maximum Gasteiger partial charge on any atom is 0.127 e. The zero-order valence-electron chi connectivity index (χ0n) is 9.11. The summed E-state index contributed by atoms with van der Waals surface area (Å²) in [5.41, 5.74) is 0.850. The molecule has 0 radical (unpaired) electrons. The minimum atomic E-state index is -0.205. The zero-order chi connectivity index (χ0) is 11.6. The van der Waals surface area contributed by atoms with Crippen LogP contribution < -0.4 is 0 Å². The summed E-state index contributed by atoms with van der Waals surface area (Å²) in [6, 6.07) is 4.91. The summed E-state index contributed by atoms with van der Waals surface area (Å²) in [7, 11) is 0. The highest BCUT2D eigenvalue weighted by molar-refractivity contribution is 6.30. The van der Waals surface area contributed by atoms with E-state index in [-0.39, 0.29) is 11.2 Å². The lowest BCUT2D eigenvalue weighted by atomic mass is 9.82. The molecule has 0 heterocycles. The van der Waals surface area contributed by atoms with Gasteiger partial charge in [0.2, 0.25) is 0 Å². The maximum absolute atomic E-state index is 13.7. The van der Waals surface area contributed by atoms with Gasteiger partial charge in [-0.15, -0.1) is 11.6 Å². The molecule has 3 heteroatoms. The molecule has 0 bridgehead atoms. The van der Waals surface area contributed by atoms with Crippen LogP contribution in [0.15, 0.2) is 18.2 Å². The van der Waals surface area contributed by atoms with Gasteiger partial charge in [0.25, 0.3) is 0 Å². The minimum absolute atomic E-state index is 0.107. The molecule has 1 saturated carbocycles. The van der Waals surface area contributed by atoms with Crippen molar-refractivity contribution in [2.75, 3.05) is 5.88 Å². The third-order valence-corrected chi connectivity index (χ3v) is 4.33. The molecule has 16 heavy (non-hydrogen) atoms. The van der Waals surface area contributed by atoms with Gasteiger partial charge in [-0.25, -0.2) is 4.39 Å². The second-order valence-corrected chi connectivity index (χ2v) is 5.46. The van der Waals surface area contributed by atoms with Crippen LogP contribution in [0.3, 0.4) is 0 Å². The predicted molar refractivity (Wildman–Crippen MR) is 66.7 cm³/mol. The highest BCUT2D eigenvalue weighted by Gasteiger charge is 2.33. The predicted octanol–water partition coefficient (Wildman–Crippen LogP) is 4.82. The zero-order valence-corrected chi connectivity index (χ0v) is 10.6. The molecule has 1 fully saturated rings. The van der Waals surface area contributed by atoms with Crippen molar-refractivity contribution >= 4 is 23.2 Å². The highest BCUT2D eigenvalue weighted by Crippen LogP contribution is 2.42. The van der Waals surface area contributed by atoms with Crippen molar-refractivity contribution in [2.45, 2.75) is 32.1 Å². The van der Waals surface area contributed by atoms with Crippen molar-refractivity contribution in [3.05, 3.63) is 34.6 Å². The number of alkyl halides is 1. The van der Waals surface area contributed by atoms with E-state index in [2.05, 4.69) is 0 Å². The molecule has 1 aromatic rings. The monoisotopic (exact) mass is 260 g/mol. The summed E-state index contributed by atoms with van der Waals surface area (Å²) in [6.07, 6.45) is 5.38. The standard InChI is InChI=1S/C13H15Cl2F/c14-9-13(5-1-2-6-13)8-10-3-4-11(15)7-12(10)16/h3-4,7H,1-2,5-6,8-9H2. The van der Waals surface area contributed by atoms with Crippen LogP contribution in [0, 0.1) is 11.2 Å². The van der Waals surface area contributed by atoms with Crippen LogP contribution >= 0.6 is 23.2 Å². The van der Waals surface area contributed by atoms with Gasteiger partial charge in [-0.3, -0.25) is 0 Å². The molecule has 0 spiro atoms. The third-order valence-electron chi connectivity index (χ3n) is 3.53. The fourth-order valence-electron chi connectivity index (χ4n) is 2.55. The Labute approximate surface area is 106 Å². The first-order valence-corrected chi connectivity index (χ1v) is 6.56. The number of hydrogen-bond acceptors (Lipinski definition) is 0.